The zero-order valence-electron chi connectivity index (χ0n) is 11.4. The van der Waals surface area contributed by atoms with Gasteiger partial charge in [-0.15, -0.1) is 0 Å². The summed E-state index contributed by atoms with van der Waals surface area (Å²) < 4.78 is 0. The second kappa shape index (κ2) is 5.71. The average Bonchev–Trinajstić information content (AvgIpc) is 2.93. The van der Waals surface area contributed by atoms with Gasteiger partial charge in [0.2, 0.25) is 0 Å². The zero-order chi connectivity index (χ0) is 13.8. The van der Waals surface area contributed by atoms with Crippen LogP contribution in [0.25, 0.3) is 0 Å². The van der Waals surface area contributed by atoms with Gasteiger partial charge in [0.15, 0.2) is 0 Å². The molecule has 1 aromatic heterocycles. The van der Waals surface area contributed by atoms with Gasteiger partial charge in [0.25, 0.3) is 0 Å². The Balaban J connectivity index is 1.62. The second-order valence-corrected chi connectivity index (χ2v) is 4.79. The first kappa shape index (κ1) is 12.6. The van der Waals surface area contributed by atoms with Crippen LogP contribution in [0.3, 0.4) is 0 Å². The van der Waals surface area contributed by atoms with Gasteiger partial charge in [-0.25, -0.2) is 10.4 Å². The summed E-state index contributed by atoms with van der Waals surface area (Å²) in [5.41, 5.74) is 6.99. The summed E-state index contributed by atoms with van der Waals surface area (Å²) in [5.74, 6) is 0.788. The Kier molecular flexibility index (Phi) is 3.60. The highest BCUT2D eigenvalue weighted by Gasteiger charge is 2.09. The summed E-state index contributed by atoms with van der Waals surface area (Å²) in [4.78, 5) is 8.21. The molecule has 102 valence electrons. The van der Waals surface area contributed by atoms with E-state index in [0.717, 1.165) is 24.6 Å². The van der Waals surface area contributed by atoms with E-state index in [1.807, 2.05) is 0 Å². The van der Waals surface area contributed by atoms with Gasteiger partial charge in [-0.1, -0.05) is 12.1 Å². The Morgan fingerprint density at radius 1 is 1.25 bits per heavy atom. The molecule has 3 rings (SSSR count). The van der Waals surface area contributed by atoms with Crippen LogP contribution in [0.1, 0.15) is 12.5 Å². The maximum Gasteiger partial charge on any atom is 0.144 e. The van der Waals surface area contributed by atoms with Crippen LogP contribution in [0.2, 0.25) is 0 Å². The van der Waals surface area contributed by atoms with E-state index in [0.29, 0.717) is 0 Å². The molecule has 0 saturated carbocycles. The van der Waals surface area contributed by atoms with Crippen molar-refractivity contribution >= 4 is 11.5 Å². The fourth-order valence-corrected chi connectivity index (χ4v) is 2.04. The standard InChI is InChI=1S/C15H17N5/c1-12-8-19-20(11-12)14-4-2-13(3-5-14)9-18-15-10-16-6-7-17-15/h2-7,10-11,19H,8-9H2,1H3,(H,17,18). The summed E-state index contributed by atoms with van der Waals surface area (Å²) in [6.45, 7) is 3.77. The number of hydrogen-bond donors (Lipinski definition) is 2. The van der Waals surface area contributed by atoms with E-state index in [2.05, 4.69) is 63.1 Å². The first-order valence-corrected chi connectivity index (χ1v) is 6.60. The lowest BCUT2D eigenvalue weighted by Gasteiger charge is -2.16. The quantitative estimate of drug-likeness (QED) is 0.890. The molecule has 2 heterocycles. The van der Waals surface area contributed by atoms with Crippen LogP contribution >= 0.6 is 0 Å². The molecule has 20 heavy (non-hydrogen) atoms. The molecule has 2 aromatic rings. The fraction of sp³-hybridized carbons (Fsp3) is 0.200. The molecule has 0 radical (unpaired) electrons. The zero-order valence-corrected chi connectivity index (χ0v) is 11.4. The van der Waals surface area contributed by atoms with Crippen LogP contribution in [-0.4, -0.2) is 16.5 Å². The molecule has 1 aromatic carbocycles. The molecule has 0 spiro atoms. The van der Waals surface area contributed by atoms with Gasteiger partial charge >= 0.3 is 0 Å². The first-order chi connectivity index (χ1) is 9.81. The molecular formula is C15H17N5. The lowest BCUT2D eigenvalue weighted by molar-refractivity contribution is 0.804. The van der Waals surface area contributed by atoms with Crippen molar-refractivity contribution < 1.29 is 0 Å². The largest absolute Gasteiger partial charge is 0.365 e. The van der Waals surface area contributed by atoms with E-state index in [1.54, 1.807) is 18.6 Å². The Hall–Kier alpha value is -2.40. The van der Waals surface area contributed by atoms with Gasteiger partial charge in [0.1, 0.15) is 5.82 Å². The van der Waals surface area contributed by atoms with E-state index in [1.165, 1.54) is 11.1 Å². The Morgan fingerprint density at radius 3 is 2.75 bits per heavy atom. The molecule has 5 heteroatoms. The molecule has 0 fully saturated rings. The van der Waals surface area contributed by atoms with Crippen molar-refractivity contribution in [3.8, 4) is 0 Å². The van der Waals surface area contributed by atoms with Gasteiger partial charge in [-0.2, -0.15) is 0 Å². The van der Waals surface area contributed by atoms with Crippen molar-refractivity contribution in [3.05, 3.63) is 60.2 Å². The van der Waals surface area contributed by atoms with E-state index in [4.69, 9.17) is 0 Å². The number of hydrazine groups is 1. The highest BCUT2D eigenvalue weighted by atomic mass is 15.5. The molecule has 0 bridgehead atoms. The van der Waals surface area contributed by atoms with E-state index in [9.17, 15) is 0 Å². The summed E-state index contributed by atoms with van der Waals surface area (Å²) in [7, 11) is 0. The minimum absolute atomic E-state index is 0.737. The molecule has 2 N–H and O–H groups in total. The summed E-state index contributed by atoms with van der Waals surface area (Å²) in [6.07, 6.45) is 7.18. The summed E-state index contributed by atoms with van der Waals surface area (Å²) in [6, 6.07) is 8.44. The van der Waals surface area contributed by atoms with Crippen LogP contribution in [-0.2, 0) is 6.54 Å². The van der Waals surface area contributed by atoms with Gasteiger partial charge in [0, 0.05) is 31.7 Å². The van der Waals surface area contributed by atoms with Crippen LogP contribution in [0, 0.1) is 0 Å². The number of hydrogen-bond acceptors (Lipinski definition) is 5. The molecule has 0 atom stereocenters. The van der Waals surface area contributed by atoms with Crippen LogP contribution < -0.4 is 15.8 Å². The van der Waals surface area contributed by atoms with Gasteiger partial charge in [-0.05, 0) is 30.2 Å². The Bertz CT molecular complexity index is 591. The third kappa shape index (κ3) is 2.95. The maximum atomic E-state index is 4.18. The van der Waals surface area contributed by atoms with Crippen molar-refractivity contribution in [1.82, 2.24) is 15.4 Å². The van der Waals surface area contributed by atoms with Crippen LogP contribution in [0.4, 0.5) is 11.5 Å². The monoisotopic (exact) mass is 267 g/mol. The third-order valence-corrected chi connectivity index (χ3v) is 3.13. The highest BCUT2D eigenvalue weighted by molar-refractivity contribution is 5.51. The van der Waals surface area contributed by atoms with Crippen molar-refractivity contribution in [2.45, 2.75) is 13.5 Å². The normalized spacial score (nSPS) is 14.2. The number of aromatic nitrogens is 2. The minimum Gasteiger partial charge on any atom is -0.365 e. The minimum atomic E-state index is 0.737. The topological polar surface area (TPSA) is 53.1 Å². The van der Waals surface area contributed by atoms with Gasteiger partial charge < -0.3 is 5.32 Å². The number of anilines is 2. The molecule has 0 aliphatic carbocycles. The van der Waals surface area contributed by atoms with Crippen LogP contribution in [0.15, 0.2) is 54.6 Å². The summed E-state index contributed by atoms with van der Waals surface area (Å²) in [5, 5.41) is 5.29. The molecule has 0 unspecified atom stereocenters. The SMILES string of the molecule is CC1=CN(c2ccc(CNc3cnccn3)cc2)NC1. The lowest BCUT2D eigenvalue weighted by atomic mass is 10.2. The second-order valence-electron chi connectivity index (χ2n) is 4.79. The highest BCUT2D eigenvalue weighted by Crippen LogP contribution is 2.18. The van der Waals surface area contributed by atoms with E-state index in [-0.39, 0.29) is 0 Å². The van der Waals surface area contributed by atoms with Crippen molar-refractivity contribution in [3.63, 3.8) is 0 Å². The Labute approximate surface area is 118 Å². The van der Waals surface area contributed by atoms with Crippen LogP contribution in [0.5, 0.6) is 0 Å². The number of nitrogens with zero attached hydrogens (tertiary/aromatic N) is 3. The lowest BCUT2D eigenvalue weighted by Crippen LogP contribution is -2.28. The maximum absolute atomic E-state index is 4.18. The van der Waals surface area contributed by atoms with Gasteiger partial charge in [-0.3, -0.25) is 9.99 Å². The average molecular weight is 267 g/mol. The van der Waals surface area contributed by atoms with E-state index < -0.39 is 0 Å². The third-order valence-electron chi connectivity index (χ3n) is 3.13. The van der Waals surface area contributed by atoms with E-state index >= 15 is 0 Å². The van der Waals surface area contributed by atoms with Crippen molar-refractivity contribution in [1.29, 1.82) is 0 Å². The predicted octanol–water partition coefficient (Wildman–Crippen LogP) is 2.32. The smallest absolute Gasteiger partial charge is 0.144 e. The Morgan fingerprint density at radius 2 is 2.10 bits per heavy atom. The molecule has 0 amide bonds. The number of nitrogens with one attached hydrogen (secondary N) is 2. The number of rotatable bonds is 4. The number of benzene rings is 1. The molecular weight excluding hydrogens is 250 g/mol. The molecule has 1 aliphatic heterocycles. The fourth-order valence-electron chi connectivity index (χ4n) is 2.04. The summed E-state index contributed by atoms with van der Waals surface area (Å²) >= 11 is 0. The van der Waals surface area contributed by atoms with Crippen molar-refractivity contribution in [2.24, 2.45) is 0 Å². The predicted molar refractivity (Wildman–Crippen MR) is 80.0 cm³/mol. The first-order valence-electron chi connectivity index (χ1n) is 6.60. The molecule has 1 aliphatic rings. The molecule has 0 saturated heterocycles. The van der Waals surface area contributed by atoms with Gasteiger partial charge in [0.05, 0.1) is 11.9 Å². The van der Waals surface area contributed by atoms with Crippen molar-refractivity contribution in [2.75, 3.05) is 16.9 Å². The molecule has 5 nitrogen and oxygen atoms in total.